The SMILES string of the molecule is Cn1c(N/N=C(/c2ccccn2)C2CC2)nc2ccccc21. The lowest BCUT2D eigenvalue weighted by atomic mass is 10.1. The fourth-order valence-electron chi connectivity index (χ4n) is 2.58. The molecule has 0 aliphatic heterocycles. The minimum atomic E-state index is 0.511. The van der Waals surface area contributed by atoms with Gasteiger partial charge in [0.2, 0.25) is 5.95 Å². The number of pyridine rings is 1. The van der Waals surface area contributed by atoms with Gasteiger partial charge in [0, 0.05) is 19.2 Å². The lowest BCUT2D eigenvalue weighted by molar-refractivity contribution is 0.939. The Bertz CT molecular complexity index is 831. The smallest absolute Gasteiger partial charge is 0.224 e. The molecule has 0 spiro atoms. The van der Waals surface area contributed by atoms with Crippen molar-refractivity contribution in [2.24, 2.45) is 18.1 Å². The molecule has 1 N–H and O–H groups in total. The molecule has 1 fully saturated rings. The van der Waals surface area contributed by atoms with Gasteiger partial charge in [-0.25, -0.2) is 10.4 Å². The summed E-state index contributed by atoms with van der Waals surface area (Å²) in [6.07, 6.45) is 4.17. The molecule has 0 amide bonds. The highest BCUT2D eigenvalue weighted by molar-refractivity contribution is 6.02. The van der Waals surface area contributed by atoms with Gasteiger partial charge >= 0.3 is 0 Å². The van der Waals surface area contributed by atoms with Crippen LogP contribution in [0, 0.1) is 5.92 Å². The lowest BCUT2D eigenvalue weighted by Crippen LogP contribution is -2.10. The molecular formula is C17H17N5. The molecular weight excluding hydrogens is 274 g/mol. The summed E-state index contributed by atoms with van der Waals surface area (Å²) in [5.74, 6) is 1.26. The molecule has 2 aromatic heterocycles. The molecule has 5 nitrogen and oxygen atoms in total. The lowest BCUT2D eigenvalue weighted by Gasteiger charge is -2.06. The zero-order valence-electron chi connectivity index (χ0n) is 12.4. The van der Waals surface area contributed by atoms with Crippen LogP contribution in [0.15, 0.2) is 53.8 Å². The predicted molar refractivity (Wildman–Crippen MR) is 87.8 cm³/mol. The highest BCUT2D eigenvalue weighted by Gasteiger charge is 2.29. The maximum Gasteiger partial charge on any atom is 0.224 e. The average Bonchev–Trinajstić information content (AvgIpc) is 3.35. The van der Waals surface area contributed by atoms with Gasteiger partial charge in [0.1, 0.15) is 0 Å². The van der Waals surface area contributed by atoms with Gasteiger partial charge in [-0.05, 0) is 37.1 Å². The van der Waals surface area contributed by atoms with Crippen LogP contribution in [0.3, 0.4) is 0 Å². The number of imidazole rings is 1. The van der Waals surface area contributed by atoms with Gasteiger partial charge < -0.3 is 4.57 Å². The van der Waals surface area contributed by atoms with Crippen LogP contribution in [-0.4, -0.2) is 20.2 Å². The maximum atomic E-state index is 4.60. The van der Waals surface area contributed by atoms with Crippen LogP contribution in [0.4, 0.5) is 5.95 Å². The first-order chi connectivity index (χ1) is 10.8. The Morgan fingerprint density at radius 2 is 2.00 bits per heavy atom. The number of hydrogen-bond acceptors (Lipinski definition) is 4. The van der Waals surface area contributed by atoms with E-state index in [0.717, 1.165) is 28.4 Å². The summed E-state index contributed by atoms with van der Waals surface area (Å²) in [6.45, 7) is 0. The summed E-state index contributed by atoms with van der Waals surface area (Å²) in [5, 5.41) is 4.60. The fourth-order valence-corrected chi connectivity index (χ4v) is 2.58. The standard InChI is InChI=1S/C17H17N5/c1-22-15-8-3-2-6-13(15)19-17(22)21-20-16(12-9-10-12)14-7-4-5-11-18-14/h2-8,11-12H,9-10H2,1H3,(H,19,21)/b20-16+. The minimum absolute atomic E-state index is 0.511. The first-order valence-electron chi connectivity index (χ1n) is 7.49. The van der Waals surface area contributed by atoms with Crippen molar-refractivity contribution in [3.05, 3.63) is 54.4 Å². The summed E-state index contributed by atoms with van der Waals surface area (Å²) in [4.78, 5) is 9.00. The third-order valence-corrected chi connectivity index (χ3v) is 3.95. The van der Waals surface area contributed by atoms with Crippen molar-refractivity contribution in [1.29, 1.82) is 0 Å². The first kappa shape index (κ1) is 13.0. The molecule has 22 heavy (non-hydrogen) atoms. The van der Waals surface area contributed by atoms with Crippen molar-refractivity contribution in [2.45, 2.75) is 12.8 Å². The van der Waals surface area contributed by atoms with Gasteiger partial charge in [-0.15, -0.1) is 0 Å². The largest absolute Gasteiger partial charge is 0.312 e. The fraction of sp³-hybridized carbons (Fsp3) is 0.235. The third-order valence-electron chi connectivity index (χ3n) is 3.95. The molecule has 1 aliphatic carbocycles. The second-order valence-electron chi connectivity index (χ2n) is 5.58. The molecule has 0 unspecified atom stereocenters. The molecule has 4 rings (SSSR count). The predicted octanol–water partition coefficient (Wildman–Crippen LogP) is 3.19. The van der Waals surface area contributed by atoms with E-state index in [2.05, 4.69) is 26.6 Å². The monoisotopic (exact) mass is 291 g/mol. The van der Waals surface area contributed by atoms with Gasteiger partial charge in [0.05, 0.1) is 22.4 Å². The van der Waals surface area contributed by atoms with Gasteiger partial charge in [0.15, 0.2) is 0 Å². The van der Waals surface area contributed by atoms with Gasteiger partial charge in [-0.1, -0.05) is 18.2 Å². The van der Waals surface area contributed by atoms with Crippen molar-refractivity contribution in [1.82, 2.24) is 14.5 Å². The van der Waals surface area contributed by atoms with Crippen LogP contribution in [0.1, 0.15) is 18.5 Å². The molecule has 0 radical (unpaired) electrons. The summed E-state index contributed by atoms with van der Waals surface area (Å²) < 4.78 is 2.02. The van der Waals surface area contributed by atoms with E-state index < -0.39 is 0 Å². The summed E-state index contributed by atoms with van der Waals surface area (Å²) in [6, 6.07) is 14.0. The molecule has 0 bridgehead atoms. The molecule has 1 aromatic carbocycles. The van der Waals surface area contributed by atoms with E-state index in [9.17, 15) is 0 Å². The van der Waals surface area contributed by atoms with Gasteiger partial charge in [-0.3, -0.25) is 4.98 Å². The van der Waals surface area contributed by atoms with Crippen molar-refractivity contribution in [2.75, 3.05) is 5.43 Å². The molecule has 1 aliphatic rings. The van der Waals surface area contributed by atoms with Crippen molar-refractivity contribution in [3.63, 3.8) is 0 Å². The Morgan fingerprint density at radius 3 is 2.73 bits per heavy atom. The maximum absolute atomic E-state index is 4.60. The van der Waals surface area contributed by atoms with E-state index in [1.807, 2.05) is 54.2 Å². The summed E-state index contributed by atoms with van der Waals surface area (Å²) in [5.41, 5.74) is 7.14. The second kappa shape index (κ2) is 5.26. The van der Waals surface area contributed by atoms with E-state index in [1.54, 1.807) is 0 Å². The molecule has 0 atom stereocenters. The average molecular weight is 291 g/mol. The Morgan fingerprint density at radius 1 is 1.18 bits per heavy atom. The van der Waals surface area contributed by atoms with Crippen molar-refractivity contribution in [3.8, 4) is 0 Å². The Balaban J connectivity index is 1.67. The number of rotatable bonds is 4. The number of nitrogens with one attached hydrogen (secondary N) is 1. The van der Waals surface area contributed by atoms with Crippen LogP contribution in [0.2, 0.25) is 0 Å². The number of fused-ring (bicyclic) bond motifs is 1. The molecule has 5 heteroatoms. The van der Waals surface area contributed by atoms with E-state index in [4.69, 9.17) is 0 Å². The van der Waals surface area contributed by atoms with E-state index in [-0.39, 0.29) is 0 Å². The van der Waals surface area contributed by atoms with Gasteiger partial charge in [-0.2, -0.15) is 5.10 Å². The highest BCUT2D eigenvalue weighted by Crippen LogP contribution is 2.33. The van der Waals surface area contributed by atoms with E-state index >= 15 is 0 Å². The zero-order chi connectivity index (χ0) is 14.9. The number of para-hydroxylation sites is 2. The highest BCUT2D eigenvalue weighted by atomic mass is 15.4. The normalized spacial score (nSPS) is 15.2. The van der Waals surface area contributed by atoms with E-state index in [0.29, 0.717) is 5.92 Å². The number of hydrogen-bond donors (Lipinski definition) is 1. The quantitative estimate of drug-likeness (QED) is 0.593. The summed E-state index contributed by atoms with van der Waals surface area (Å²) in [7, 11) is 1.99. The topological polar surface area (TPSA) is 55.1 Å². The van der Waals surface area contributed by atoms with Gasteiger partial charge in [0.25, 0.3) is 0 Å². The number of aryl methyl sites for hydroxylation is 1. The second-order valence-corrected chi connectivity index (χ2v) is 5.58. The molecule has 3 aromatic rings. The minimum Gasteiger partial charge on any atom is -0.312 e. The van der Waals surface area contributed by atoms with E-state index in [1.165, 1.54) is 12.8 Å². The van der Waals surface area contributed by atoms with Crippen molar-refractivity contribution >= 4 is 22.7 Å². The van der Waals surface area contributed by atoms with Crippen molar-refractivity contribution < 1.29 is 0 Å². The number of aromatic nitrogens is 3. The zero-order valence-corrected chi connectivity index (χ0v) is 12.4. The Labute approximate surface area is 128 Å². The molecule has 0 saturated heterocycles. The summed E-state index contributed by atoms with van der Waals surface area (Å²) >= 11 is 0. The van der Waals surface area contributed by atoms with Crippen LogP contribution < -0.4 is 5.43 Å². The first-order valence-corrected chi connectivity index (χ1v) is 7.49. The molecule has 110 valence electrons. The third kappa shape index (κ3) is 2.35. The number of anilines is 1. The number of hydrazone groups is 1. The van der Waals surface area contributed by atoms with Crippen LogP contribution in [-0.2, 0) is 7.05 Å². The Hall–Kier alpha value is -2.69. The molecule has 2 heterocycles. The number of nitrogens with zero attached hydrogens (tertiary/aromatic N) is 4. The molecule has 1 saturated carbocycles. The van der Waals surface area contributed by atoms with Crippen LogP contribution >= 0.6 is 0 Å². The van der Waals surface area contributed by atoms with Crippen LogP contribution in [0.5, 0.6) is 0 Å². The Kier molecular flexibility index (Phi) is 3.11. The van der Waals surface area contributed by atoms with Crippen LogP contribution in [0.25, 0.3) is 11.0 Å². The number of benzene rings is 1.